The molecule has 0 bridgehead atoms. The summed E-state index contributed by atoms with van der Waals surface area (Å²) in [4.78, 5) is 42.9. The van der Waals surface area contributed by atoms with Crippen molar-refractivity contribution in [2.24, 2.45) is 0 Å². The number of urea groups is 1. The predicted molar refractivity (Wildman–Crippen MR) is 120 cm³/mol. The van der Waals surface area contributed by atoms with Gasteiger partial charge < -0.3 is 19.8 Å². The maximum Gasteiger partial charge on any atom is 0.338 e. The molecule has 5 rings (SSSR count). The van der Waals surface area contributed by atoms with Crippen LogP contribution in [0.1, 0.15) is 18.7 Å². The van der Waals surface area contributed by atoms with Crippen LogP contribution in [0, 0.1) is 0 Å². The van der Waals surface area contributed by atoms with Crippen LogP contribution < -0.4 is 16.2 Å². The largest absolute Gasteiger partial charge is 0.467 e. The van der Waals surface area contributed by atoms with E-state index in [2.05, 4.69) is 20.7 Å². The van der Waals surface area contributed by atoms with Gasteiger partial charge in [-0.2, -0.15) is 5.10 Å². The van der Waals surface area contributed by atoms with Gasteiger partial charge in [-0.1, -0.05) is 18.2 Å². The normalized spacial score (nSPS) is 15.8. The monoisotopic (exact) mass is 460 g/mol. The molecule has 11 nitrogen and oxygen atoms in total. The molecule has 4 heterocycles. The van der Waals surface area contributed by atoms with E-state index in [-0.39, 0.29) is 30.0 Å². The lowest BCUT2D eigenvalue weighted by Gasteiger charge is -2.28. The first kappa shape index (κ1) is 21.2. The number of para-hydroxylation sites is 1. The highest BCUT2D eigenvalue weighted by atomic mass is 16.5. The van der Waals surface area contributed by atoms with Gasteiger partial charge in [-0.05, 0) is 31.2 Å². The highest BCUT2D eigenvalue weighted by Crippen LogP contribution is 2.28. The number of fused-ring (bicyclic) bond motifs is 1. The smallest absolute Gasteiger partial charge is 0.338 e. The molecule has 0 spiro atoms. The molecule has 2 amide bonds. The quantitative estimate of drug-likeness (QED) is 0.421. The second-order valence-electron chi connectivity index (χ2n) is 7.47. The molecule has 1 aliphatic heterocycles. The van der Waals surface area contributed by atoms with Gasteiger partial charge in [0.25, 0.3) is 5.56 Å². The number of esters is 1. The number of hydrogen-bond donors (Lipinski definition) is 2. The molecule has 0 aliphatic carbocycles. The average Bonchev–Trinajstić information content (AvgIpc) is 3.52. The third-order valence-corrected chi connectivity index (χ3v) is 5.36. The SMILES string of the molecule is CCOC(=O)C1=C(Cn2cnc3c(cnn3-c3ccccc3)c2=O)NC(=O)N[C@H]1c1ccco1. The summed E-state index contributed by atoms with van der Waals surface area (Å²) in [5, 5.41) is 9.90. The van der Waals surface area contributed by atoms with Crippen molar-refractivity contribution in [3.8, 4) is 5.69 Å². The Morgan fingerprint density at radius 1 is 1.18 bits per heavy atom. The Morgan fingerprint density at radius 3 is 2.74 bits per heavy atom. The fourth-order valence-corrected chi connectivity index (χ4v) is 3.85. The zero-order valence-corrected chi connectivity index (χ0v) is 18.1. The number of carbonyl (C=O) groups is 2. The Balaban J connectivity index is 1.58. The lowest BCUT2D eigenvalue weighted by atomic mass is 10.00. The van der Waals surface area contributed by atoms with E-state index in [0.29, 0.717) is 16.8 Å². The Labute approximate surface area is 192 Å². The van der Waals surface area contributed by atoms with E-state index in [4.69, 9.17) is 9.15 Å². The molecule has 1 aromatic carbocycles. The standard InChI is InChI=1S/C23H20N6O5/c1-2-33-22(31)18-16(26-23(32)27-19(18)17-9-6-10-34-17)12-28-13-24-20-15(21(28)30)11-25-29(20)14-7-4-3-5-8-14/h3-11,13,19H,2,12H2,1H3,(H2,26,27,32)/t19-/m0/s1. The van der Waals surface area contributed by atoms with Gasteiger partial charge in [0.15, 0.2) is 5.65 Å². The van der Waals surface area contributed by atoms with Crippen molar-refractivity contribution < 1.29 is 18.7 Å². The number of carbonyl (C=O) groups excluding carboxylic acids is 2. The van der Waals surface area contributed by atoms with Crippen molar-refractivity contribution in [2.75, 3.05) is 6.61 Å². The van der Waals surface area contributed by atoms with E-state index in [1.54, 1.807) is 23.7 Å². The maximum atomic E-state index is 13.2. The summed E-state index contributed by atoms with van der Waals surface area (Å²) in [7, 11) is 0. The molecule has 34 heavy (non-hydrogen) atoms. The van der Waals surface area contributed by atoms with Crippen LogP contribution in [0.3, 0.4) is 0 Å². The van der Waals surface area contributed by atoms with Gasteiger partial charge in [-0.3, -0.25) is 9.36 Å². The van der Waals surface area contributed by atoms with Gasteiger partial charge in [0.05, 0.1) is 42.6 Å². The van der Waals surface area contributed by atoms with Crippen molar-refractivity contribution in [1.82, 2.24) is 30.0 Å². The number of benzene rings is 1. The predicted octanol–water partition coefficient (Wildman–Crippen LogP) is 2.05. The summed E-state index contributed by atoms with van der Waals surface area (Å²) in [6, 6.07) is 11.2. The lowest BCUT2D eigenvalue weighted by Crippen LogP contribution is -2.47. The van der Waals surface area contributed by atoms with Crippen LogP contribution in [0.15, 0.2) is 81.7 Å². The van der Waals surface area contributed by atoms with E-state index in [9.17, 15) is 14.4 Å². The second kappa shape index (κ2) is 8.70. The minimum absolute atomic E-state index is 0.114. The van der Waals surface area contributed by atoms with Crippen LogP contribution in [0.5, 0.6) is 0 Å². The topological polar surface area (TPSA) is 133 Å². The summed E-state index contributed by atoms with van der Waals surface area (Å²) in [5.74, 6) is -0.272. The van der Waals surface area contributed by atoms with Gasteiger partial charge in [-0.15, -0.1) is 0 Å². The number of allylic oxidation sites excluding steroid dienone is 1. The molecule has 0 fully saturated rings. The van der Waals surface area contributed by atoms with Crippen LogP contribution >= 0.6 is 0 Å². The highest BCUT2D eigenvalue weighted by Gasteiger charge is 2.35. The first-order valence-electron chi connectivity index (χ1n) is 10.6. The lowest BCUT2D eigenvalue weighted by molar-refractivity contribution is -0.139. The highest BCUT2D eigenvalue weighted by molar-refractivity contribution is 5.95. The number of amides is 2. The second-order valence-corrected chi connectivity index (χ2v) is 7.47. The van der Waals surface area contributed by atoms with Gasteiger partial charge >= 0.3 is 12.0 Å². The number of nitrogens with one attached hydrogen (secondary N) is 2. The number of nitrogens with zero attached hydrogens (tertiary/aromatic N) is 4. The van der Waals surface area contributed by atoms with Crippen LogP contribution in [0.4, 0.5) is 4.79 Å². The molecule has 1 aliphatic rings. The minimum Gasteiger partial charge on any atom is -0.467 e. The Bertz CT molecular complexity index is 1450. The molecule has 0 unspecified atom stereocenters. The molecule has 11 heteroatoms. The summed E-state index contributed by atoms with van der Waals surface area (Å²) < 4.78 is 13.5. The van der Waals surface area contributed by atoms with Crippen molar-refractivity contribution in [1.29, 1.82) is 0 Å². The molecule has 1 atom stereocenters. The summed E-state index contributed by atoms with van der Waals surface area (Å²) in [6.45, 7) is 1.71. The first-order valence-corrected chi connectivity index (χ1v) is 10.6. The van der Waals surface area contributed by atoms with Crippen LogP contribution in [0.2, 0.25) is 0 Å². The van der Waals surface area contributed by atoms with E-state index in [0.717, 1.165) is 5.69 Å². The van der Waals surface area contributed by atoms with Gasteiger partial charge in [0, 0.05) is 0 Å². The van der Waals surface area contributed by atoms with Crippen molar-refractivity contribution in [3.63, 3.8) is 0 Å². The summed E-state index contributed by atoms with van der Waals surface area (Å²) in [5.41, 5.74) is 1.15. The van der Waals surface area contributed by atoms with Gasteiger partial charge in [0.1, 0.15) is 23.5 Å². The molecule has 4 aromatic rings. The minimum atomic E-state index is -0.869. The zero-order valence-electron chi connectivity index (χ0n) is 18.1. The number of ether oxygens (including phenoxy) is 1. The van der Waals surface area contributed by atoms with Crippen molar-refractivity contribution in [2.45, 2.75) is 19.5 Å². The van der Waals surface area contributed by atoms with Crippen LogP contribution in [-0.2, 0) is 16.1 Å². The van der Waals surface area contributed by atoms with E-state index in [1.807, 2.05) is 30.3 Å². The van der Waals surface area contributed by atoms with Crippen LogP contribution in [0.25, 0.3) is 16.7 Å². The Morgan fingerprint density at radius 2 is 2.00 bits per heavy atom. The van der Waals surface area contributed by atoms with E-state index >= 15 is 0 Å². The van der Waals surface area contributed by atoms with E-state index < -0.39 is 18.0 Å². The summed E-state index contributed by atoms with van der Waals surface area (Å²) in [6.07, 6.45) is 4.25. The molecule has 0 radical (unpaired) electrons. The molecule has 2 N–H and O–H groups in total. The molecular weight excluding hydrogens is 440 g/mol. The van der Waals surface area contributed by atoms with E-state index in [1.165, 1.54) is 23.4 Å². The summed E-state index contributed by atoms with van der Waals surface area (Å²) >= 11 is 0. The Kier molecular flexibility index (Phi) is 5.42. The number of aromatic nitrogens is 4. The van der Waals surface area contributed by atoms with Crippen molar-refractivity contribution in [3.05, 3.63) is 88.6 Å². The third-order valence-electron chi connectivity index (χ3n) is 5.36. The van der Waals surface area contributed by atoms with Gasteiger partial charge in [-0.25, -0.2) is 19.3 Å². The number of furan rings is 1. The molecule has 0 saturated carbocycles. The maximum absolute atomic E-state index is 13.2. The average molecular weight is 460 g/mol. The number of hydrogen-bond acceptors (Lipinski definition) is 7. The van der Waals surface area contributed by atoms with Gasteiger partial charge in [0.2, 0.25) is 0 Å². The third kappa shape index (κ3) is 3.72. The number of rotatable bonds is 6. The molecule has 0 saturated heterocycles. The Hall–Kier alpha value is -4.67. The zero-order chi connectivity index (χ0) is 23.7. The fourth-order valence-electron chi connectivity index (χ4n) is 3.85. The van der Waals surface area contributed by atoms with Crippen molar-refractivity contribution >= 4 is 23.0 Å². The first-order chi connectivity index (χ1) is 16.6. The molecule has 3 aromatic heterocycles. The van der Waals surface area contributed by atoms with Crippen LogP contribution in [-0.4, -0.2) is 37.9 Å². The molecular formula is C23H20N6O5. The molecule has 172 valence electrons. The fraction of sp³-hybridized carbons (Fsp3) is 0.174.